The Morgan fingerprint density at radius 1 is 0.182 bits per heavy atom. The monoisotopic (exact) mass is 1880 g/mol. The van der Waals surface area contributed by atoms with Crippen LogP contribution in [0.25, 0.3) is 59.2 Å². The third-order valence-electron chi connectivity index (χ3n) is 30.7. The van der Waals surface area contributed by atoms with Gasteiger partial charge in [-0.3, -0.25) is 0 Å². The first kappa shape index (κ1) is 104. The molecule has 718 valence electrons. The highest BCUT2D eigenvalue weighted by Gasteiger charge is 2.53. The van der Waals surface area contributed by atoms with Crippen molar-refractivity contribution in [3.05, 3.63) is 222 Å². The molecule has 0 saturated heterocycles. The maximum absolute atomic E-state index is 2.74. The van der Waals surface area contributed by atoms with Crippen LogP contribution in [0, 0.1) is 13.8 Å². The summed E-state index contributed by atoms with van der Waals surface area (Å²) in [4.78, 5) is 14.2. The summed E-state index contributed by atoms with van der Waals surface area (Å²) in [5.74, 6) is 0. The standard InChI is InChI=1S/C126H178S6/c1-7-11-15-19-23-27-31-35-39-43-47-51-55-59-63-67-71-101-76-84-105(85-77-101)125(106-86-78-102(79-87-106)72-68-64-60-56-52-48-44-40-36-32-28-24-20-16-12-8-2)111-95-100(6)128-121(111)123-119(125)109-96-117-110(97-116(109)130-123)120-124(131-117)122-112(98-118(132-122)115-94-93-114(129-115)113-92-75-99(5)127-113)126(120,107-88-80-103(81-89-107)73-69-65-61-57-53-49-45-41-37-33-29-25-21-17-13-9-3)108-90-82-104(83-91-108)74-70-66-62-58-54-50-46-42-38-34-30-26-22-18-14-10-4/h75-98H,7-74H2,1-6H3. The summed E-state index contributed by atoms with van der Waals surface area (Å²) in [6.45, 7) is 13.9. The lowest BCUT2D eigenvalue weighted by atomic mass is 9.66. The first-order valence-corrected chi connectivity index (χ1v) is 61.0. The minimum atomic E-state index is -0.528. The van der Waals surface area contributed by atoms with E-state index in [9.17, 15) is 0 Å². The number of thiophene rings is 6. The number of aryl methyl sites for hydroxylation is 6. The predicted molar refractivity (Wildman–Crippen MR) is 597 cm³/mol. The number of hydrogen-bond donors (Lipinski definition) is 0. The van der Waals surface area contributed by atoms with Gasteiger partial charge in [-0.15, -0.1) is 68.0 Å². The fourth-order valence-electron chi connectivity index (χ4n) is 22.8. The molecule has 0 spiro atoms. The lowest BCUT2D eigenvalue weighted by molar-refractivity contribution is 0.529. The molecule has 0 fully saturated rings. The SMILES string of the molecule is CCCCCCCCCCCCCCCCCCc1ccc(C2(c3ccc(CCCCCCCCCCCCCCCCCC)cc3)c3cc(C)sc3-c3sc4cc5c6c(sc5cc4c32)-c2sc(-c3ccc(-c4ccc(C)s4)s3)cc2C6(c2ccc(CCCCCCCCCCCCCCCCCC)cc2)c2ccc(CCCCCCCCCCCCCCCCCC)cc2)cc1. The molecule has 0 nitrogen and oxygen atoms in total. The van der Waals surface area contributed by atoms with Crippen molar-refractivity contribution in [1.82, 2.24) is 0 Å². The van der Waals surface area contributed by atoms with Crippen LogP contribution in [0.2, 0.25) is 0 Å². The van der Waals surface area contributed by atoms with Gasteiger partial charge in [0.15, 0.2) is 0 Å². The molecule has 0 atom stereocenters. The van der Waals surface area contributed by atoms with Gasteiger partial charge in [0.1, 0.15) is 0 Å². The van der Waals surface area contributed by atoms with Crippen LogP contribution < -0.4 is 0 Å². The minimum absolute atomic E-state index is 0.469. The molecular weight excluding hydrogens is 1710 g/mol. The van der Waals surface area contributed by atoms with Gasteiger partial charge < -0.3 is 0 Å². The van der Waals surface area contributed by atoms with Gasteiger partial charge in [-0.25, -0.2) is 0 Å². The van der Waals surface area contributed by atoms with Crippen molar-refractivity contribution < 1.29 is 0 Å². The number of benzene rings is 5. The van der Waals surface area contributed by atoms with E-state index in [1.54, 1.807) is 0 Å². The van der Waals surface area contributed by atoms with E-state index in [2.05, 4.69) is 221 Å². The average Bonchev–Trinajstić information content (AvgIpc) is 1.50. The summed E-state index contributed by atoms with van der Waals surface area (Å²) >= 11 is 12.3. The molecule has 6 aromatic heterocycles. The number of rotatable bonds is 74. The van der Waals surface area contributed by atoms with E-state index in [0.717, 1.165) is 25.7 Å². The van der Waals surface area contributed by atoms with E-state index >= 15 is 0 Å². The Morgan fingerprint density at radius 3 is 0.667 bits per heavy atom. The topological polar surface area (TPSA) is 0 Å². The Balaban J connectivity index is 0.786. The zero-order valence-corrected chi connectivity index (χ0v) is 89.3. The van der Waals surface area contributed by atoms with Crippen molar-refractivity contribution in [1.29, 1.82) is 0 Å². The number of fused-ring (bicyclic) bond motifs is 10. The van der Waals surface area contributed by atoms with Crippen LogP contribution in [0.15, 0.2) is 146 Å². The molecule has 0 bridgehead atoms. The second kappa shape index (κ2) is 58.7. The van der Waals surface area contributed by atoms with Crippen LogP contribution in [0.4, 0.5) is 0 Å². The Labute approximate surface area is 831 Å². The highest BCUT2D eigenvalue weighted by Crippen LogP contribution is 2.67. The molecule has 132 heavy (non-hydrogen) atoms. The van der Waals surface area contributed by atoms with Crippen molar-refractivity contribution in [3.63, 3.8) is 0 Å². The zero-order valence-electron chi connectivity index (χ0n) is 84.4. The second-order valence-electron chi connectivity index (χ2n) is 41.5. The van der Waals surface area contributed by atoms with Crippen LogP contribution in [-0.2, 0) is 36.5 Å². The molecule has 0 N–H and O–H groups in total. The molecule has 0 amide bonds. The second-order valence-corrected chi connectivity index (χ2v) is 48.3. The normalized spacial score (nSPS) is 13.1. The molecule has 2 aliphatic carbocycles. The van der Waals surface area contributed by atoms with Gasteiger partial charge in [-0.05, 0) is 191 Å². The first-order chi connectivity index (χ1) is 65.3. The summed E-state index contributed by atoms with van der Waals surface area (Å²) in [5, 5.41) is 2.89. The zero-order chi connectivity index (χ0) is 91.3. The molecular formula is C126H178S6. The van der Waals surface area contributed by atoms with Crippen LogP contribution in [-0.4, -0.2) is 0 Å². The molecule has 6 heterocycles. The Bertz CT molecular complexity index is 4790. The van der Waals surface area contributed by atoms with Gasteiger partial charge >= 0.3 is 0 Å². The van der Waals surface area contributed by atoms with Gasteiger partial charge in [0.2, 0.25) is 0 Å². The third kappa shape index (κ3) is 29.9. The van der Waals surface area contributed by atoms with E-state index in [1.807, 2.05) is 34.0 Å². The summed E-state index contributed by atoms with van der Waals surface area (Å²) in [7, 11) is 0. The molecule has 13 rings (SSSR count). The lowest BCUT2D eigenvalue weighted by Crippen LogP contribution is -2.28. The Morgan fingerprint density at radius 2 is 0.409 bits per heavy atom. The molecule has 2 aliphatic rings. The number of hydrogen-bond acceptors (Lipinski definition) is 6. The van der Waals surface area contributed by atoms with Crippen LogP contribution in [0.3, 0.4) is 0 Å². The van der Waals surface area contributed by atoms with Crippen molar-refractivity contribution in [2.75, 3.05) is 0 Å². The van der Waals surface area contributed by atoms with Crippen LogP contribution in [0.1, 0.15) is 515 Å². The lowest BCUT2D eigenvalue weighted by Gasteiger charge is -2.34. The van der Waals surface area contributed by atoms with Gasteiger partial charge in [-0.2, -0.15) is 0 Å². The molecule has 11 aromatic rings. The molecule has 6 heteroatoms. The minimum Gasteiger partial charge on any atom is -0.140 e. The van der Waals surface area contributed by atoms with E-state index in [0.29, 0.717) is 0 Å². The van der Waals surface area contributed by atoms with Gasteiger partial charge in [0, 0.05) is 43.5 Å². The maximum Gasteiger partial charge on any atom is 0.0736 e. The molecule has 5 aromatic carbocycles. The summed E-state index contributed by atoms with van der Waals surface area (Å²) in [5.41, 5.74) is 16.6. The first-order valence-electron chi connectivity index (χ1n) is 56.1. The van der Waals surface area contributed by atoms with Crippen molar-refractivity contribution in [3.8, 4) is 39.0 Å². The highest BCUT2D eigenvalue weighted by atomic mass is 32.1. The molecule has 0 aliphatic heterocycles. The van der Waals surface area contributed by atoms with Crippen molar-refractivity contribution >= 4 is 88.2 Å². The average molecular weight is 1890 g/mol. The van der Waals surface area contributed by atoms with Crippen LogP contribution >= 0.6 is 68.0 Å². The summed E-state index contributed by atoms with van der Waals surface area (Å²) in [6, 6.07) is 61.6. The molecule has 0 radical (unpaired) electrons. The van der Waals surface area contributed by atoms with Gasteiger partial charge in [-0.1, -0.05) is 510 Å². The molecule has 0 saturated carbocycles. The van der Waals surface area contributed by atoms with E-state index in [1.165, 1.54) is 547 Å². The largest absolute Gasteiger partial charge is 0.140 e. The van der Waals surface area contributed by atoms with E-state index in [4.69, 9.17) is 0 Å². The molecule has 0 unspecified atom stereocenters. The van der Waals surface area contributed by atoms with Gasteiger partial charge in [0.05, 0.1) is 25.5 Å². The maximum atomic E-state index is 2.74. The predicted octanol–water partition coefficient (Wildman–Crippen LogP) is 44.3. The fraction of sp³-hybridized carbons (Fsp3) is 0.603. The van der Waals surface area contributed by atoms with Crippen molar-refractivity contribution in [2.45, 2.75) is 489 Å². The quantitative estimate of drug-likeness (QED) is 0.0333. The Kier molecular flexibility index (Phi) is 46.3. The smallest absolute Gasteiger partial charge is 0.0736 e. The van der Waals surface area contributed by atoms with Crippen LogP contribution in [0.5, 0.6) is 0 Å². The van der Waals surface area contributed by atoms with E-state index in [-0.39, 0.29) is 0 Å². The summed E-state index contributed by atoms with van der Waals surface area (Å²) < 4.78 is 2.85. The van der Waals surface area contributed by atoms with Crippen molar-refractivity contribution in [2.24, 2.45) is 0 Å². The van der Waals surface area contributed by atoms with E-state index < -0.39 is 10.8 Å². The third-order valence-corrected chi connectivity index (χ3v) is 38.0. The Hall–Kier alpha value is -5.18. The fourth-order valence-corrected chi connectivity index (χ4v) is 30.0. The number of unbranched alkanes of at least 4 members (excludes halogenated alkanes) is 60. The highest BCUT2D eigenvalue weighted by molar-refractivity contribution is 7.30. The summed E-state index contributed by atoms with van der Waals surface area (Å²) in [6.07, 6.45) is 94.4. The van der Waals surface area contributed by atoms with Gasteiger partial charge in [0.25, 0.3) is 0 Å².